The Labute approximate surface area is 209 Å². The Morgan fingerprint density at radius 1 is 0.861 bits per heavy atom. The van der Waals surface area contributed by atoms with E-state index >= 15 is 0 Å². The standard InChI is InChI=1S/C28H29N3O5/c1-18-6-5-7-22(12-18)30-27(32)17-31-24-15-26(36-4)25(35-3)14-19(24)13-20(28(31)33)16-29-21-8-10-23(34-2)11-9-21/h5-15,29H,16-17H2,1-4H3,(H,30,32). The number of anilines is 2. The van der Waals surface area contributed by atoms with Gasteiger partial charge in [0.05, 0.1) is 26.8 Å². The Kier molecular flexibility index (Phi) is 7.44. The molecule has 36 heavy (non-hydrogen) atoms. The Bertz CT molecular complexity index is 1440. The van der Waals surface area contributed by atoms with Crippen LogP contribution in [0.1, 0.15) is 11.1 Å². The fourth-order valence-electron chi connectivity index (χ4n) is 4.02. The molecule has 1 amide bonds. The molecule has 4 aromatic rings. The summed E-state index contributed by atoms with van der Waals surface area (Å²) in [5, 5.41) is 6.90. The Morgan fingerprint density at radius 3 is 2.25 bits per heavy atom. The molecular formula is C28H29N3O5. The van der Waals surface area contributed by atoms with Crippen molar-refractivity contribution in [3.8, 4) is 17.2 Å². The van der Waals surface area contributed by atoms with Gasteiger partial charge in [0.15, 0.2) is 11.5 Å². The van der Waals surface area contributed by atoms with Gasteiger partial charge in [-0.25, -0.2) is 0 Å². The molecule has 0 saturated carbocycles. The largest absolute Gasteiger partial charge is 0.497 e. The average molecular weight is 488 g/mol. The van der Waals surface area contributed by atoms with Crippen LogP contribution in [0.5, 0.6) is 17.2 Å². The number of rotatable bonds is 9. The number of aromatic nitrogens is 1. The molecule has 0 atom stereocenters. The Hall–Kier alpha value is -4.46. The van der Waals surface area contributed by atoms with Gasteiger partial charge in [-0.1, -0.05) is 12.1 Å². The van der Waals surface area contributed by atoms with Gasteiger partial charge in [-0.05, 0) is 61.0 Å². The lowest BCUT2D eigenvalue weighted by Gasteiger charge is -2.16. The van der Waals surface area contributed by atoms with Gasteiger partial charge >= 0.3 is 0 Å². The number of carbonyl (C=O) groups excluding carboxylic acids is 1. The quantitative estimate of drug-likeness (QED) is 0.359. The maximum atomic E-state index is 13.6. The zero-order valence-corrected chi connectivity index (χ0v) is 20.8. The number of carbonyl (C=O) groups is 1. The van der Waals surface area contributed by atoms with Crippen LogP contribution >= 0.6 is 0 Å². The number of aryl methyl sites for hydroxylation is 1. The van der Waals surface area contributed by atoms with E-state index in [9.17, 15) is 9.59 Å². The molecule has 0 bridgehead atoms. The summed E-state index contributed by atoms with van der Waals surface area (Å²) < 4.78 is 17.6. The van der Waals surface area contributed by atoms with Gasteiger partial charge < -0.3 is 24.8 Å². The first-order valence-electron chi connectivity index (χ1n) is 11.4. The fourth-order valence-corrected chi connectivity index (χ4v) is 4.02. The number of amides is 1. The van der Waals surface area contributed by atoms with Crippen molar-refractivity contribution in [1.29, 1.82) is 0 Å². The normalized spacial score (nSPS) is 10.7. The lowest BCUT2D eigenvalue weighted by Crippen LogP contribution is -2.30. The summed E-state index contributed by atoms with van der Waals surface area (Å²) in [7, 11) is 4.70. The van der Waals surface area contributed by atoms with Gasteiger partial charge in [-0.15, -0.1) is 0 Å². The van der Waals surface area contributed by atoms with Crippen LogP contribution in [0.25, 0.3) is 10.9 Å². The summed E-state index contributed by atoms with van der Waals surface area (Å²) in [6.45, 7) is 2.07. The van der Waals surface area contributed by atoms with E-state index in [4.69, 9.17) is 14.2 Å². The molecule has 186 valence electrons. The lowest BCUT2D eigenvalue weighted by atomic mass is 10.1. The molecule has 0 radical (unpaired) electrons. The summed E-state index contributed by atoms with van der Waals surface area (Å²) in [6.07, 6.45) is 0. The Morgan fingerprint density at radius 2 is 1.58 bits per heavy atom. The number of hydrogen-bond donors (Lipinski definition) is 2. The number of pyridine rings is 1. The van der Waals surface area contributed by atoms with Crippen LogP contribution in [0, 0.1) is 6.92 Å². The SMILES string of the molecule is COc1ccc(NCc2cc3cc(OC)c(OC)cc3n(CC(=O)Nc3cccc(C)c3)c2=O)cc1. The van der Waals surface area contributed by atoms with Gasteiger partial charge in [0.2, 0.25) is 5.91 Å². The third-order valence-corrected chi connectivity index (χ3v) is 5.85. The molecule has 1 heterocycles. The van der Waals surface area contributed by atoms with Crippen molar-refractivity contribution >= 4 is 28.2 Å². The number of hydrogen-bond acceptors (Lipinski definition) is 6. The summed E-state index contributed by atoms with van der Waals surface area (Å²) in [6, 6.07) is 20.3. The van der Waals surface area contributed by atoms with Crippen molar-refractivity contribution in [3.05, 3.63) is 88.2 Å². The minimum absolute atomic E-state index is 0.158. The predicted octanol–water partition coefficient (Wildman–Crippen LogP) is 4.59. The van der Waals surface area contributed by atoms with Crippen LogP contribution in [0.4, 0.5) is 11.4 Å². The second-order valence-corrected chi connectivity index (χ2v) is 8.33. The highest BCUT2D eigenvalue weighted by molar-refractivity contribution is 5.92. The molecule has 0 fully saturated rings. The number of nitrogens with one attached hydrogen (secondary N) is 2. The van der Waals surface area contributed by atoms with Crippen molar-refractivity contribution < 1.29 is 19.0 Å². The molecule has 0 spiro atoms. The second kappa shape index (κ2) is 10.9. The van der Waals surface area contributed by atoms with Crippen LogP contribution in [0.2, 0.25) is 0 Å². The van der Waals surface area contributed by atoms with E-state index in [1.165, 1.54) is 11.7 Å². The second-order valence-electron chi connectivity index (χ2n) is 8.33. The number of benzene rings is 3. The molecule has 2 N–H and O–H groups in total. The number of nitrogens with zero attached hydrogens (tertiary/aromatic N) is 1. The van der Waals surface area contributed by atoms with E-state index in [1.807, 2.05) is 61.5 Å². The van der Waals surface area contributed by atoms with Crippen LogP contribution in [-0.4, -0.2) is 31.8 Å². The van der Waals surface area contributed by atoms with Crippen molar-refractivity contribution in [3.63, 3.8) is 0 Å². The van der Waals surface area contributed by atoms with Gasteiger partial charge in [-0.2, -0.15) is 0 Å². The molecule has 8 heteroatoms. The van der Waals surface area contributed by atoms with E-state index < -0.39 is 0 Å². The van der Waals surface area contributed by atoms with Crippen molar-refractivity contribution in [2.45, 2.75) is 20.0 Å². The minimum atomic E-state index is -0.306. The highest BCUT2D eigenvalue weighted by atomic mass is 16.5. The molecule has 4 rings (SSSR count). The highest BCUT2D eigenvalue weighted by Crippen LogP contribution is 2.32. The van der Waals surface area contributed by atoms with Crippen molar-refractivity contribution in [2.75, 3.05) is 32.0 Å². The zero-order chi connectivity index (χ0) is 25.7. The van der Waals surface area contributed by atoms with Gasteiger partial charge in [0.1, 0.15) is 12.3 Å². The molecule has 0 aliphatic carbocycles. The molecule has 3 aromatic carbocycles. The average Bonchev–Trinajstić information content (AvgIpc) is 2.88. The highest BCUT2D eigenvalue weighted by Gasteiger charge is 2.16. The summed E-state index contributed by atoms with van der Waals surface area (Å²) in [5.41, 5.74) is 3.35. The molecule has 0 saturated heterocycles. The van der Waals surface area contributed by atoms with Crippen LogP contribution in [-0.2, 0) is 17.9 Å². The first kappa shape index (κ1) is 24.7. The molecule has 0 unspecified atom stereocenters. The molecule has 0 aliphatic rings. The summed E-state index contributed by atoms with van der Waals surface area (Å²) >= 11 is 0. The van der Waals surface area contributed by atoms with Crippen molar-refractivity contribution in [1.82, 2.24) is 4.57 Å². The van der Waals surface area contributed by atoms with Crippen LogP contribution in [0.15, 0.2) is 71.5 Å². The smallest absolute Gasteiger partial charge is 0.256 e. The lowest BCUT2D eigenvalue weighted by molar-refractivity contribution is -0.116. The monoisotopic (exact) mass is 487 g/mol. The van der Waals surface area contributed by atoms with E-state index in [0.29, 0.717) is 28.3 Å². The van der Waals surface area contributed by atoms with E-state index in [1.54, 1.807) is 26.4 Å². The third kappa shape index (κ3) is 5.43. The number of fused-ring (bicyclic) bond motifs is 1. The molecule has 8 nitrogen and oxygen atoms in total. The van der Waals surface area contributed by atoms with Gasteiger partial charge in [0.25, 0.3) is 5.56 Å². The maximum absolute atomic E-state index is 13.6. The van der Waals surface area contributed by atoms with Crippen molar-refractivity contribution in [2.24, 2.45) is 0 Å². The predicted molar refractivity (Wildman–Crippen MR) is 141 cm³/mol. The third-order valence-electron chi connectivity index (χ3n) is 5.85. The Balaban J connectivity index is 1.71. The van der Waals surface area contributed by atoms with Gasteiger partial charge in [-0.3, -0.25) is 14.2 Å². The first-order valence-corrected chi connectivity index (χ1v) is 11.4. The maximum Gasteiger partial charge on any atom is 0.256 e. The van der Waals surface area contributed by atoms with Crippen LogP contribution < -0.4 is 30.4 Å². The fraction of sp³-hybridized carbons (Fsp3) is 0.214. The molecule has 0 aliphatic heterocycles. The van der Waals surface area contributed by atoms with E-state index in [2.05, 4.69) is 10.6 Å². The topological polar surface area (TPSA) is 90.8 Å². The molecule has 1 aromatic heterocycles. The van der Waals surface area contributed by atoms with E-state index in [0.717, 1.165) is 22.4 Å². The molecular weight excluding hydrogens is 458 g/mol. The van der Waals surface area contributed by atoms with Gasteiger partial charge in [0, 0.05) is 34.9 Å². The van der Waals surface area contributed by atoms with Crippen LogP contribution in [0.3, 0.4) is 0 Å². The first-order chi connectivity index (χ1) is 17.4. The summed E-state index contributed by atoms with van der Waals surface area (Å²) in [5.74, 6) is 1.45. The summed E-state index contributed by atoms with van der Waals surface area (Å²) in [4.78, 5) is 26.5. The minimum Gasteiger partial charge on any atom is -0.497 e. The van der Waals surface area contributed by atoms with E-state index in [-0.39, 0.29) is 24.6 Å². The number of methoxy groups -OCH3 is 3. The number of ether oxygens (including phenoxy) is 3. The zero-order valence-electron chi connectivity index (χ0n) is 20.8.